The first-order valence-corrected chi connectivity index (χ1v) is 7.98. The van der Waals surface area contributed by atoms with Gasteiger partial charge in [0.15, 0.2) is 0 Å². The summed E-state index contributed by atoms with van der Waals surface area (Å²) in [5.74, 6) is 0.0239. The lowest BCUT2D eigenvalue weighted by atomic mass is 9.84. The Morgan fingerprint density at radius 2 is 1.81 bits per heavy atom. The molecule has 21 heavy (non-hydrogen) atoms. The lowest BCUT2D eigenvalue weighted by Gasteiger charge is -2.30. The van der Waals surface area contributed by atoms with Crippen LogP contribution in [0.25, 0.3) is 0 Å². The van der Waals surface area contributed by atoms with Crippen LogP contribution in [0.4, 0.5) is 0 Å². The third-order valence-corrected chi connectivity index (χ3v) is 4.26. The van der Waals surface area contributed by atoms with Gasteiger partial charge in [0.1, 0.15) is 0 Å². The molecule has 122 valence electrons. The molecule has 2 amide bonds. The van der Waals surface area contributed by atoms with E-state index in [1.807, 2.05) is 13.8 Å². The number of nitrogens with one attached hydrogen (secondary N) is 2. The normalized spacial score (nSPS) is 19.1. The molecule has 6 nitrogen and oxygen atoms in total. The number of hydrogen-bond acceptors (Lipinski definition) is 4. The Morgan fingerprint density at radius 3 is 2.33 bits per heavy atom. The van der Waals surface area contributed by atoms with Gasteiger partial charge in [-0.05, 0) is 24.7 Å². The number of carbonyl (C=O) groups excluding carboxylic acids is 2. The highest BCUT2D eigenvalue weighted by Gasteiger charge is 2.24. The first-order valence-electron chi connectivity index (χ1n) is 7.98. The average Bonchev–Trinajstić information content (AvgIpc) is 2.50. The van der Waals surface area contributed by atoms with Gasteiger partial charge < -0.3 is 22.1 Å². The number of amides is 2. The van der Waals surface area contributed by atoms with Gasteiger partial charge in [0.2, 0.25) is 11.8 Å². The minimum atomic E-state index is -0.582. The van der Waals surface area contributed by atoms with Crippen molar-refractivity contribution in [2.24, 2.45) is 23.3 Å². The van der Waals surface area contributed by atoms with Gasteiger partial charge in [0, 0.05) is 12.6 Å². The zero-order valence-electron chi connectivity index (χ0n) is 13.2. The molecule has 1 aliphatic rings. The van der Waals surface area contributed by atoms with E-state index >= 15 is 0 Å². The monoisotopic (exact) mass is 298 g/mol. The van der Waals surface area contributed by atoms with Gasteiger partial charge in [-0.15, -0.1) is 0 Å². The molecule has 6 N–H and O–H groups in total. The van der Waals surface area contributed by atoms with Crippen LogP contribution in [-0.4, -0.2) is 37.0 Å². The summed E-state index contributed by atoms with van der Waals surface area (Å²) >= 11 is 0. The molecule has 0 heterocycles. The second-order valence-electron chi connectivity index (χ2n) is 6.30. The van der Waals surface area contributed by atoms with E-state index in [1.165, 1.54) is 19.3 Å². The van der Waals surface area contributed by atoms with Crippen molar-refractivity contribution in [2.45, 2.75) is 58.0 Å². The molecule has 1 unspecified atom stereocenters. The Labute approximate surface area is 127 Å². The third kappa shape index (κ3) is 6.01. The van der Waals surface area contributed by atoms with E-state index in [0.29, 0.717) is 12.5 Å². The summed E-state index contributed by atoms with van der Waals surface area (Å²) in [5.41, 5.74) is 11.5. The van der Waals surface area contributed by atoms with Crippen molar-refractivity contribution in [2.75, 3.05) is 13.1 Å². The number of nitrogens with two attached hydrogens (primary N) is 2. The van der Waals surface area contributed by atoms with E-state index in [9.17, 15) is 9.59 Å². The molecular weight excluding hydrogens is 268 g/mol. The standard InChI is InChI=1S/C15H30N4O2/c1-10(2)14(17)15(21)18-9-13(20)19-12(8-16)11-6-4-3-5-7-11/h10-12,14H,3-9,16-17H2,1-2H3,(H,18,21)(H,19,20)/t12?,14-/m0/s1. The molecule has 6 heteroatoms. The predicted octanol–water partition coefficient (Wildman–Crippen LogP) is 0.110. The minimum absolute atomic E-state index is 0.00785. The van der Waals surface area contributed by atoms with Crippen molar-refractivity contribution in [3.05, 3.63) is 0 Å². The van der Waals surface area contributed by atoms with E-state index in [2.05, 4.69) is 10.6 Å². The van der Waals surface area contributed by atoms with Crippen LogP contribution in [0, 0.1) is 11.8 Å². The van der Waals surface area contributed by atoms with E-state index in [-0.39, 0.29) is 30.3 Å². The molecule has 1 aliphatic carbocycles. The summed E-state index contributed by atoms with van der Waals surface area (Å²) < 4.78 is 0. The minimum Gasteiger partial charge on any atom is -0.350 e. The van der Waals surface area contributed by atoms with Crippen LogP contribution >= 0.6 is 0 Å². The summed E-state index contributed by atoms with van der Waals surface area (Å²) in [5, 5.41) is 5.52. The smallest absolute Gasteiger partial charge is 0.239 e. The van der Waals surface area contributed by atoms with Crippen molar-refractivity contribution in [3.63, 3.8) is 0 Å². The van der Waals surface area contributed by atoms with Crippen molar-refractivity contribution < 1.29 is 9.59 Å². The maximum atomic E-state index is 11.9. The highest BCUT2D eigenvalue weighted by atomic mass is 16.2. The van der Waals surface area contributed by atoms with Crippen LogP contribution in [0.1, 0.15) is 46.0 Å². The highest BCUT2D eigenvalue weighted by Crippen LogP contribution is 2.26. The first kappa shape index (κ1) is 17.9. The molecular formula is C15H30N4O2. The fraction of sp³-hybridized carbons (Fsp3) is 0.867. The molecule has 0 aromatic heterocycles. The Morgan fingerprint density at radius 1 is 1.19 bits per heavy atom. The Balaban J connectivity index is 2.35. The molecule has 0 aromatic rings. The van der Waals surface area contributed by atoms with E-state index < -0.39 is 6.04 Å². The van der Waals surface area contributed by atoms with Crippen molar-refractivity contribution >= 4 is 11.8 Å². The zero-order chi connectivity index (χ0) is 15.8. The van der Waals surface area contributed by atoms with Gasteiger partial charge in [-0.25, -0.2) is 0 Å². The predicted molar refractivity (Wildman–Crippen MR) is 83.4 cm³/mol. The second kappa shape index (κ2) is 9.00. The molecule has 0 radical (unpaired) electrons. The van der Waals surface area contributed by atoms with Crippen LogP contribution in [0.15, 0.2) is 0 Å². The summed E-state index contributed by atoms with van der Waals surface area (Å²) in [6.45, 7) is 4.15. The van der Waals surface area contributed by atoms with Crippen LogP contribution in [0.5, 0.6) is 0 Å². The second-order valence-corrected chi connectivity index (χ2v) is 6.30. The van der Waals surface area contributed by atoms with Crippen molar-refractivity contribution in [3.8, 4) is 0 Å². The van der Waals surface area contributed by atoms with Crippen LogP contribution in [0.2, 0.25) is 0 Å². The van der Waals surface area contributed by atoms with Crippen molar-refractivity contribution in [1.29, 1.82) is 0 Å². The van der Waals surface area contributed by atoms with Gasteiger partial charge in [-0.1, -0.05) is 33.1 Å². The fourth-order valence-corrected chi connectivity index (χ4v) is 2.75. The number of rotatable bonds is 7. The molecule has 0 saturated heterocycles. The summed E-state index contributed by atoms with van der Waals surface area (Å²) in [7, 11) is 0. The van der Waals surface area contributed by atoms with E-state index in [1.54, 1.807) is 0 Å². The molecule has 1 rings (SSSR count). The summed E-state index contributed by atoms with van der Waals surface area (Å²) in [4.78, 5) is 23.6. The van der Waals surface area contributed by atoms with Crippen LogP contribution < -0.4 is 22.1 Å². The van der Waals surface area contributed by atoms with Crippen LogP contribution in [0.3, 0.4) is 0 Å². The maximum absolute atomic E-state index is 11.9. The SMILES string of the molecule is CC(C)[C@H](N)C(=O)NCC(=O)NC(CN)C1CCCCC1. The van der Waals surface area contributed by atoms with Crippen molar-refractivity contribution in [1.82, 2.24) is 10.6 Å². The molecule has 1 saturated carbocycles. The Bertz CT molecular complexity index is 341. The first-order chi connectivity index (χ1) is 9.95. The Kier molecular flexibility index (Phi) is 7.67. The van der Waals surface area contributed by atoms with Gasteiger partial charge >= 0.3 is 0 Å². The lowest BCUT2D eigenvalue weighted by molar-refractivity contribution is -0.127. The average molecular weight is 298 g/mol. The Hall–Kier alpha value is -1.14. The molecule has 0 aromatic carbocycles. The molecule has 0 spiro atoms. The number of carbonyl (C=O) groups is 2. The molecule has 2 atom stereocenters. The fourth-order valence-electron chi connectivity index (χ4n) is 2.75. The van der Waals surface area contributed by atoms with Gasteiger partial charge in [-0.3, -0.25) is 9.59 Å². The molecule has 0 aliphatic heterocycles. The van der Waals surface area contributed by atoms with E-state index in [4.69, 9.17) is 11.5 Å². The molecule has 0 bridgehead atoms. The largest absolute Gasteiger partial charge is 0.350 e. The summed E-state index contributed by atoms with van der Waals surface area (Å²) in [6, 6.07) is -0.574. The van der Waals surface area contributed by atoms with E-state index in [0.717, 1.165) is 12.8 Å². The topological polar surface area (TPSA) is 110 Å². The quantitative estimate of drug-likeness (QED) is 0.534. The van der Waals surface area contributed by atoms with Gasteiger partial charge in [-0.2, -0.15) is 0 Å². The van der Waals surface area contributed by atoms with Crippen LogP contribution in [-0.2, 0) is 9.59 Å². The third-order valence-electron chi connectivity index (χ3n) is 4.26. The number of hydrogen-bond donors (Lipinski definition) is 4. The summed E-state index contributed by atoms with van der Waals surface area (Å²) in [6.07, 6.45) is 5.92. The van der Waals surface area contributed by atoms with Gasteiger partial charge in [0.25, 0.3) is 0 Å². The zero-order valence-corrected chi connectivity index (χ0v) is 13.2. The van der Waals surface area contributed by atoms with Gasteiger partial charge in [0.05, 0.1) is 12.6 Å². The lowest BCUT2D eigenvalue weighted by Crippen LogP contribution is -2.51. The molecule has 1 fully saturated rings. The maximum Gasteiger partial charge on any atom is 0.239 e. The highest BCUT2D eigenvalue weighted by molar-refractivity contribution is 5.87.